The zero-order valence-electron chi connectivity index (χ0n) is 15.3. The van der Waals surface area contributed by atoms with Crippen LogP contribution in [0.15, 0.2) is 0 Å². The number of aliphatic hydroxyl groups excluding tert-OH is 2. The fourth-order valence-corrected chi connectivity index (χ4v) is 5.72. The first kappa shape index (κ1) is 18.0. The summed E-state index contributed by atoms with van der Waals surface area (Å²) < 4.78 is 0. The van der Waals surface area contributed by atoms with Gasteiger partial charge in [-0.2, -0.15) is 0 Å². The summed E-state index contributed by atoms with van der Waals surface area (Å²) in [6.45, 7) is 6.23. The molecule has 0 bridgehead atoms. The SMILES string of the molecule is CC1C(=O)[C@@]2(C(C)C)CC[C@@H](O)[C@H](C#C[C@@H](O)C3CCCCC3)[C@@H]12. The topological polar surface area (TPSA) is 57.5 Å². The van der Waals surface area contributed by atoms with Crippen molar-refractivity contribution in [2.24, 2.45) is 35.0 Å². The van der Waals surface area contributed by atoms with Crippen LogP contribution in [0.1, 0.15) is 65.7 Å². The Bertz CT molecular complexity index is 537. The van der Waals surface area contributed by atoms with Gasteiger partial charge in [-0.25, -0.2) is 0 Å². The fourth-order valence-electron chi connectivity index (χ4n) is 5.72. The molecular formula is C21H32O3. The number of ketones is 1. The highest BCUT2D eigenvalue weighted by Gasteiger charge is 2.65. The standard InChI is InChI=1S/C21H32O3/c1-13(2)21-12-11-18(23)16(19(21)14(3)20(21)24)9-10-17(22)15-7-5-4-6-8-15/h13-19,22-23H,4-8,11-12H2,1-3H3/t14?,16-,17+,18+,19+,21+/m0/s1. The van der Waals surface area contributed by atoms with Crippen molar-refractivity contribution in [2.75, 3.05) is 0 Å². The molecule has 3 nitrogen and oxygen atoms in total. The summed E-state index contributed by atoms with van der Waals surface area (Å²) in [5.74, 6) is 7.16. The van der Waals surface area contributed by atoms with Crippen LogP contribution >= 0.6 is 0 Å². The third-order valence-corrected chi connectivity index (χ3v) is 7.19. The van der Waals surface area contributed by atoms with E-state index < -0.39 is 12.2 Å². The summed E-state index contributed by atoms with van der Waals surface area (Å²) in [7, 11) is 0. The average molecular weight is 332 g/mol. The number of carbonyl (C=O) groups is 1. The van der Waals surface area contributed by atoms with Crippen molar-refractivity contribution in [1.82, 2.24) is 0 Å². The molecule has 6 atom stereocenters. The first-order valence-electron chi connectivity index (χ1n) is 9.81. The molecule has 3 saturated carbocycles. The molecule has 0 spiro atoms. The molecule has 3 aliphatic carbocycles. The molecule has 3 fully saturated rings. The highest BCUT2D eigenvalue weighted by molar-refractivity contribution is 5.94. The number of hydrogen-bond acceptors (Lipinski definition) is 3. The van der Waals surface area contributed by atoms with Gasteiger partial charge < -0.3 is 10.2 Å². The van der Waals surface area contributed by atoms with E-state index in [-0.39, 0.29) is 35.0 Å². The van der Waals surface area contributed by atoms with E-state index >= 15 is 0 Å². The van der Waals surface area contributed by atoms with Gasteiger partial charge in [0.2, 0.25) is 0 Å². The molecule has 1 unspecified atom stereocenters. The maximum atomic E-state index is 12.6. The summed E-state index contributed by atoms with van der Waals surface area (Å²) in [4.78, 5) is 12.6. The number of fused-ring (bicyclic) bond motifs is 1. The lowest BCUT2D eigenvalue weighted by Gasteiger charge is -2.60. The molecule has 3 heteroatoms. The van der Waals surface area contributed by atoms with Gasteiger partial charge in [0.1, 0.15) is 11.9 Å². The Labute approximate surface area is 146 Å². The van der Waals surface area contributed by atoms with Gasteiger partial charge in [0, 0.05) is 11.3 Å². The zero-order chi connectivity index (χ0) is 17.5. The molecule has 0 aromatic rings. The highest BCUT2D eigenvalue weighted by atomic mass is 16.3. The van der Waals surface area contributed by atoms with Crippen LogP contribution in [0.3, 0.4) is 0 Å². The second-order valence-electron chi connectivity index (χ2n) is 8.64. The Kier molecular flexibility index (Phi) is 5.09. The van der Waals surface area contributed by atoms with Crippen molar-refractivity contribution in [3.8, 4) is 11.8 Å². The van der Waals surface area contributed by atoms with Gasteiger partial charge in [-0.15, -0.1) is 0 Å². The van der Waals surface area contributed by atoms with Gasteiger partial charge >= 0.3 is 0 Å². The van der Waals surface area contributed by atoms with Crippen LogP contribution in [-0.2, 0) is 4.79 Å². The minimum Gasteiger partial charge on any atom is -0.392 e. The molecular weight excluding hydrogens is 300 g/mol. The number of rotatable bonds is 2. The summed E-state index contributed by atoms with van der Waals surface area (Å²) in [6, 6.07) is 0. The fraction of sp³-hybridized carbons (Fsp3) is 0.857. The Morgan fingerprint density at radius 1 is 1.17 bits per heavy atom. The maximum Gasteiger partial charge on any atom is 0.142 e. The van der Waals surface area contributed by atoms with Crippen LogP contribution < -0.4 is 0 Å². The maximum absolute atomic E-state index is 12.6. The number of carbonyl (C=O) groups excluding carboxylic acids is 1. The Morgan fingerprint density at radius 3 is 2.46 bits per heavy atom. The van der Waals surface area contributed by atoms with Crippen LogP contribution in [0.5, 0.6) is 0 Å². The Balaban J connectivity index is 1.79. The Morgan fingerprint density at radius 2 is 1.83 bits per heavy atom. The first-order valence-corrected chi connectivity index (χ1v) is 9.81. The average Bonchev–Trinajstić information content (AvgIpc) is 2.59. The van der Waals surface area contributed by atoms with E-state index in [0.717, 1.165) is 19.3 Å². The molecule has 3 aliphatic rings. The van der Waals surface area contributed by atoms with Crippen LogP contribution in [0.2, 0.25) is 0 Å². The molecule has 134 valence electrons. The van der Waals surface area contributed by atoms with Gasteiger partial charge in [-0.1, -0.05) is 51.9 Å². The second-order valence-corrected chi connectivity index (χ2v) is 8.64. The van der Waals surface area contributed by atoms with E-state index in [1.807, 2.05) is 6.92 Å². The van der Waals surface area contributed by atoms with Crippen molar-refractivity contribution >= 4 is 5.78 Å². The largest absolute Gasteiger partial charge is 0.392 e. The van der Waals surface area contributed by atoms with Gasteiger partial charge in [0.05, 0.1) is 12.0 Å². The number of Topliss-reactive ketones (excluding diaryl/α,β-unsaturated/α-hetero) is 1. The van der Waals surface area contributed by atoms with Crippen LogP contribution in [0.4, 0.5) is 0 Å². The monoisotopic (exact) mass is 332 g/mol. The van der Waals surface area contributed by atoms with E-state index in [1.54, 1.807) is 0 Å². The third-order valence-electron chi connectivity index (χ3n) is 7.19. The summed E-state index contributed by atoms with van der Waals surface area (Å²) in [5, 5.41) is 20.9. The molecule has 0 amide bonds. The first-order chi connectivity index (χ1) is 11.4. The van der Waals surface area contributed by atoms with E-state index in [9.17, 15) is 15.0 Å². The molecule has 0 aromatic heterocycles. The van der Waals surface area contributed by atoms with Crippen molar-refractivity contribution in [2.45, 2.75) is 77.9 Å². The van der Waals surface area contributed by atoms with Gasteiger partial charge in [-0.3, -0.25) is 4.79 Å². The lowest BCUT2D eigenvalue weighted by molar-refractivity contribution is -0.181. The van der Waals surface area contributed by atoms with E-state index in [2.05, 4.69) is 25.7 Å². The van der Waals surface area contributed by atoms with Gasteiger partial charge in [0.25, 0.3) is 0 Å². The lowest BCUT2D eigenvalue weighted by atomic mass is 9.41. The summed E-state index contributed by atoms with van der Waals surface area (Å²) in [5.41, 5.74) is -0.298. The molecule has 2 N–H and O–H groups in total. The molecule has 0 aromatic carbocycles. The molecule has 0 saturated heterocycles. The van der Waals surface area contributed by atoms with Crippen molar-refractivity contribution < 1.29 is 15.0 Å². The normalized spacial score (nSPS) is 41.2. The molecule has 24 heavy (non-hydrogen) atoms. The van der Waals surface area contributed by atoms with Crippen LogP contribution in [0, 0.1) is 46.8 Å². The van der Waals surface area contributed by atoms with Crippen molar-refractivity contribution in [3.63, 3.8) is 0 Å². The minimum absolute atomic E-state index is 0.0199. The smallest absolute Gasteiger partial charge is 0.142 e. The van der Waals surface area contributed by atoms with Crippen molar-refractivity contribution in [3.05, 3.63) is 0 Å². The van der Waals surface area contributed by atoms with Gasteiger partial charge in [0.15, 0.2) is 0 Å². The van der Waals surface area contributed by atoms with E-state index in [4.69, 9.17) is 0 Å². The quantitative estimate of drug-likeness (QED) is 0.764. The zero-order valence-corrected chi connectivity index (χ0v) is 15.3. The van der Waals surface area contributed by atoms with Crippen LogP contribution in [0.25, 0.3) is 0 Å². The molecule has 0 heterocycles. The Hall–Kier alpha value is -0.850. The second kappa shape index (κ2) is 6.81. The third kappa shape index (κ3) is 2.72. The molecule has 0 radical (unpaired) electrons. The van der Waals surface area contributed by atoms with Crippen LogP contribution in [-0.4, -0.2) is 28.2 Å². The lowest BCUT2D eigenvalue weighted by Crippen LogP contribution is -2.65. The van der Waals surface area contributed by atoms with E-state index in [1.165, 1.54) is 19.3 Å². The minimum atomic E-state index is -0.584. The predicted molar refractivity (Wildman–Crippen MR) is 94.0 cm³/mol. The molecule has 0 aliphatic heterocycles. The molecule has 3 rings (SSSR count). The highest BCUT2D eigenvalue weighted by Crippen LogP contribution is 2.61. The summed E-state index contributed by atoms with van der Waals surface area (Å²) >= 11 is 0. The number of hydrogen-bond donors (Lipinski definition) is 2. The summed E-state index contributed by atoms with van der Waals surface area (Å²) in [6.07, 6.45) is 6.10. The number of aliphatic hydroxyl groups is 2. The van der Waals surface area contributed by atoms with Crippen molar-refractivity contribution in [1.29, 1.82) is 0 Å². The van der Waals surface area contributed by atoms with Gasteiger partial charge in [-0.05, 0) is 43.4 Å². The predicted octanol–water partition coefficient (Wildman–Crippen LogP) is 3.18. The van der Waals surface area contributed by atoms with E-state index in [0.29, 0.717) is 12.2 Å².